The van der Waals surface area contributed by atoms with Gasteiger partial charge in [0.2, 0.25) is 5.91 Å². The summed E-state index contributed by atoms with van der Waals surface area (Å²) in [7, 11) is 0. The molecule has 0 spiro atoms. The van der Waals surface area contributed by atoms with E-state index in [0.29, 0.717) is 5.56 Å². The number of carbonyl (C=O) groups excluding carboxylic acids is 4. The summed E-state index contributed by atoms with van der Waals surface area (Å²) in [5, 5.41) is 22.6. The predicted octanol–water partition coefficient (Wildman–Crippen LogP) is -2.54. The van der Waals surface area contributed by atoms with Crippen LogP contribution in [0, 0.1) is 10.1 Å². The molecule has 1 amide bonds. The number of aliphatic hydroxyl groups is 1. The Kier molecular flexibility index (Phi) is 14.3. The molecule has 12 heteroatoms. The number of carbonyl (C=O) groups is 3. The maximum absolute atomic E-state index is 11.8. The van der Waals surface area contributed by atoms with Crippen LogP contribution in [-0.4, -0.2) is 47.4 Å². The third-order valence-electron chi connectivity index (χ3n) is 3.60. The van der Waals surface area contributed by atoms with Gasteiger partial charge in [0.1, 0.15) is 13.2 Å². The van der Waals surface area contributed by atoms with Crippen molar-refractivity contribution in [1.29, 1.82) is 0 Å². The molecule has 0 aliphatic rings. The quantitative estimate of drug-likeness (QED) is 0.0854. The van der Waals surface area contributed by atoms with Gasteiger partial charge in [-0.3, -0.25) is 30.8 Å². The van der Waals surface area contributed by atoms with Crippen LogP contribution in [0.1, 0.15) is 36.8 Å². The summed E-state index contributed by atoms with van der Waals surface area (Å²) >= 11 is 0. The number of nitro groups is 1. The Bertz CT molecular complexity index is 755. The smallest absolute Gasteiger partial charge is 0.542 e. The first kappa shape index (κ1) is 27.7. The average Bonchev–Trinajstić information content (AvgIpc) is 2.71. The number of hydrogen-bond acceptors (Lipinski definition) is 9. The van der Waals surface area contributed by atoms with Crippen LogP contribution in [0.2, 0.25) is 0 Å². The first-order chi connectivity index (χ1) is 13.9. The van der Waals surface area contributed by atoms with Crippen LogP contribution < -0.4 is 34.9 Å². The van der Waals surface area contributed by atoms with Gasteiger partial charge in [0.15, 0.2) is 0 Å². The summed E-state index contributed by atoms with van der Waals surface area (Å²) < 4.78 is 9.53. The van der Waals surface area contributed by atoms with E-state index in [2.05, 4.69) is 5.32 Å². The largest absolute Gasteiger partial charge is 1.00 e. The maximum Gasteiger partial charge on any atom is 1.00 e. The molecule has 1 aromatic rings. The first-order valence-corrected chi connectivity index (χ1v) is 8.67. The van der Waals surface area contributed by atoms with E-state index in [4.69, 9.17) is 9.47 Å². The minimum atomic E-state index is -0.643. The number of ether oxygens (including phenoxy) is 2. The Morgan fingerprint density at radius 2 is 1.73 bits per heavy atom. The third-order valence-corrected chi connectivity index (χ3v) is 3.60. The van der Waals surface area contributed by atoms with Gasteiger partial charge in [-0.15, -0.1) is 6.42 Å². The van der Waals surface area contributed by atoms with E-state index in [1.54, 1.807) is 6.29 Å². The van der Waals surface area contributed by atoms with E-state index in [1.807, 2.05) is 0 Å². The molecule has 0 heterocycles. The van der Waals surface area contributed by atoms with E-state index >= 15 is 0 Å². The van der Waals surface area contributed by atoms with Crippen LogP contribution in [0.5, 0.6) is 0 Å². The van der Waals surface area contributed by atoms with Crippen LogP contribution >= 0.6 is 0 Å². The minimum absolute atomic E-state index is 0. The van der Waals surface area contributed by atoms with Crippen LogP contribution in [0.3, 0.4) is 0 Å². The first-order valence-electron chi connectivity index (χ1n) is 8.67. The summed E-state index contributed by atoms with van der Waals surface area (Å²) in [6, 6.07) is 4.12. The molecule has 2 N–H and O–H groups in total. The number of aliphatic hydroxyl groups excluding tert-OH is 1. The molecule has 0 saturated heterocycles. The Morgan fingerprint density at radius 1 is 1.10 bits per heavy atom. The van der Waals surface area contributed by atoms with Crippen LogP contribution in [0.4, 0.5) is 5.69 Å². The Hall–Kier alpha value is -2.34. The monoisotopic (exact) mass is 432 g/mol. The molecule has 1 rings (SSSR count). The molecular weight excluding hydrogens is 411 g/mol. The van der Waals surface area contributed by atoms with Crippen molar-refractivity contribution in [1.82, 2.24) is 5.32 Å². The number of benzene rings is 1. The average molecular weight is 432 g/mol. The topological polar surface area (TPSA) is 162 Å². The molecule has 30 heavy (non-hydrogen) atoms. The molecule has 158 valence electrons. The van der Waals surface area contributed by atoms with Crippen molar-refractivity contribution in [3.8, 4) is 0 Å². The van der Waals surface area contributed by atoms with Crippen molar-refractivity contribution in [2.45, 2.75) is 38.8 Å². The number of nitro benzene ring substituents is 1. The van der Waals surface area contributed by atoms with Gasteiger partial charge in [-0.1, -0.05) is 6.07 Å². The number of hydrogen-bond donors (Lipinski definition) is 2. The van der Waals surface area contributed by atoms with Gasteiger partial charge in [-0.2, -0.15) is 0 Å². The Labute approximate surface area is 194 Å². The molecule has 0 aliphatic carbocycles. The number of nitrogens with zero attached hydrogens (tertiary/aromatic N) is 1. The molecule has 0 fully saturated rings. The van der Waals surface area contributed by atoms with Crippen molar-refractivity contribution in [3.05, 3.63) is 39.4 Å². The van der Waals surface area contributed by atoms with Crippen LogP contribution in [-0.2, 0) is 41.8 Å². The van der Waals surface area contributed by atoms with E-state index in [0.717, 1.165) is 0 Å². The summed E-state index contributed by atoms with van der Waals surface area (Å²) in [5.74, 6) is -1.67. The number of rotatable bonds is 13. The second-order valence-corrected chi connectivity index (χ2v) is 5.74. The van der Waals surface area contributed by atoms with Gasteiger partial charge in [0.05, 0.1) is 23.5 Å². The normalized spacial score (nSPS) is 9.77. The molecule has 0 bridgehead atoms. The fourth-order valence-electron chi connectivity index (χ4n) is 2.17. The van der Waals surface area contributed by atoms with E-state index < -0.39 is 29.4 Å². The maximum atomic E-state index is 11.8. The van der Waals surface area contributed by atoms with Gasteiger partial charge >= 0.3 is 41.5 Å². The number of amides is 1. The van der Waals surface area contributed by atoms with E-state index in [1.165, 1.54) is 18.2 Å². The van der Waals surface area contributed by atoms with Crippen molar-refractivity contribution in [2.75, 3.05) is 13.2 Å². The Balaban J connectivity index is 0.00000841. The fourth-order valence-corrected chi connectivity index (χ4v) is 2.17. The Morgan fingerprint density at radius 3 is 2.30 bits per heavy atom. The van der Waals surface area contributed by atoms with Gasteiger partial charge in [0, 0.05) is 25.5 Å². The van der Waals surface area contributed by atoms with Gasteiger partial charge in [-0.05, 0) is 11.6 Å². The van der Waals surface area contributed by atoms with E-state index in [-0.39, 0.29) is 86.2 Å². The molecule has 0 unspecified atom stereocenters. The fraction of sp³-hybridized carbons (Fsp3) is 0.444. The molecule has 0 aliphatic heterocycles. The third kappa shape index (κ3) is 11.0. The van der Waals surface area contributed by atoms with Gasteiger partial charge in [0.25, 0.3) is 5.69 Å². The van der Waals surface area contributed by atoms with Crippen LogP contribution in [0.15, 0.2) is 18.2 Å². The van der Waals surface area contributed by atoms with Crippen molar-refractivity contribution < 1.29 is 68.2 Å². The summed E-state index contributed by atoms with van der Waals surface area (Å²) in [6.45, 7) is -0.742. The summed E-state index contributed by atoms with van der Waals surface area (Å²) in [5.41, 5.74) is 0.484. The molecule has 0 atom stereocenters. The summed E-state index contributed by atoms with van der Waals surface area (Å²) in [6.07, 6.45) is 1.09. The van der Waals surface area contributed by atoms with Crippen LogP contribution in [0.25, 0.3) is 0 Å². The minimum Gasteiger partial charge on any atom is -0.542 e. The second-order valence-electron chi connectivity index (χ2n) is 5.74. The molecule has 11 nitrogen and oxygen atoms in total. The molecule has 0 radical (unpaired) electrons. The van der Waals surface area contributed by atoms with E-state index in [9.17, 15) is 34.4 Å². The number of nitrogens with one attached hydrogen (secondary N) is 1. The van der Waals surface area contributed by atoms with Gasteiger partial charge in [-0.25, -0.2) is 0 Å². The number of esters is 2. The molecule has 1 aromatic carbocycles. The molecule has 0 saturated carbocycles. The SMILES string of the molecule is O=[C-]CCC(=O)OCCOC(=O)CCC(=O)NCc1ccc([N+](=O)[O-])c(CO)c1.[Na+]. The zero-order valence-electron chi connectivity index (χ0n) is 16.5. The standard InChI is InChI=1S/C18H21N2O9.Na/c21-7-1-2-17(24)28-8-9-29-18(25)6-5-16(23)19-11-13-3-4-15(20(26)27)14(10-13)12-22;/h3-4,10,22H,1-2,5-6,8-9,11-12H2,(H,19,23);/q-1;+1. The van der Waals surface area contributed by atoms with Crippen molar-refractivity contribution in [3.63, 3.8) is 0 Å². The molecule has 0 aromatic heterocycles. The van der Waals surface area contributed by atoms with Crippen molar-refractivity contribution >= 4 is 29.8 Å². The molecular formula is C18H21N2NaO9. The summed E-state index contributed by atoms with van der Waals surface area (Å²) in [4.78, 5) is 54.6. The van der Waals surface area contributed by atoms with Gasteiger partial charge < -0.3 is 24.7 Å². The second kappa shape index (κ2) is 15.5. The zero-order chi connectivity index (χ0) is 21.6. The predicted molar refractivity (Wildman–Crippen MR) is 96.9 cm³/mol. The zero-order valence-corrected chi connectivity index (χ0v) is 18.5. The van der Waals surface area contributed by atoms with Crippen molar-refractivity contribution in [2.24, 2.45) is 0 Å².